The molecule has 1 aliphatic rings. The molecule has 0 amide bonds. The maximum atomic E-state index is 6.21. The average molecular weight is 568 g/mol. The summed E-state index contributed by atoms with van der Waals surface area (Å²) >= 11 is 6.21. The third-order valence-corrected chi connectivity index (χ3v) is 7.60. The van der Waals surface area contributed by atoms with Gasteiger partial charge in [0.2, 0.25) is 5.95 Å². The van der Waals surface area contributed by atoms with Crippen molar-refractivity contribution in [2.75, 3.05) is 57.3 Å². The van der Waals surface area contributed by atoms with Crippen LogP contribution in [0.3, 0.4) is 0 Å². The minimum atomic E-state index is 0.649. The first kappa shape index (κ1) is 26.7. The zero-order chi connectivity index (χ0) is 28.3. The normalized spacial score (nSPS) is 13.4. The van der Waals surface area contributed by atoms with E-state index in [-0.39, 0.29) is 0 Å². The fourth-order valence-electron chi connectivity index (χ4n) is 5.16. The first-order chi connectivity index (χ1) is 20.1. The number of pyridine rings is 1. The molecule has 1 saturated heterocycles. The first-order valence-corrected chi connectivity index (χ1v) is 13.7. The van der Waals surface area contributed by atoms with Crippen LogP contribution in [0, 0.1) is 0 Å². The maximum Gasteiger partial charge on any atom is 0.226 e. The number of hydrogen-bond donors (Lipinski definition) is 0. The van der Waals surface area contributed by atoms with E-state index in [1.54, 1.807) is 21.3 Å². The smallest absolute Gasteiger partial charge is 0.226 e. The van der Waals surface area contributed by atoms with Crippen molar-refractivity contribution in [1.29, 1.82) is 0 Å². The lowest BCUT2D eigenvalue weighted by Gasteiger charge is -2.36. The zero-order valence-electron chi connectivity index (χ0n) is 23.2. The molecule has 0 atom stereocenters. The molecule has 8 nitrogen and oxygen atoms in total. The van der Waals surface area contributed by atoms with Crippen molar-refractivity contribution >= 4 is 34.1 Å². The molecule has 0 spiro atoms. The number of aromatic nitrogens is 3. The molecule has 41 heavy (non-hydrogen) atoms. The second-order valence-corrected chi connectivity index (χ2v) is 10.1. The second-order valence-electron chi connectivity index (χ2n) is 9.70. The summed E-state index contributed by atoms with van der Waals surface area (Å²) in [6, 6.07) is 23.7. The average Bonchev–Trinajstić information content (AvgIpc) is 3.04. The lowest BCUT2D eigenvalue weighted by molar-refractivity contribution is 0.355. The Morgan fingerprint density at radius 3 is 2.05 bits per heavy atom. The Balaban J connectivity index is 1.33. The number of benzene rings is 3. The summed E-state index contributed by atoms with van der Waals surface area (Å²) in [7, 11) is 4.93. The monoisotopic (exact) mass is 567 g/mol. The van der Waals surface area contributed by atoms with Crippen molar-refractivity contribution in [2.45, 2.75) is 0 Å². The van der Waals surface area contributed by atoms with Gasteiger partial charge in [-0.1, -0.05) is 11.6 Å². The molecule has 3 aromatic carbocycles. The van der Waals surface area contributed by atoms with Crippen LogP contribution in [0.2, 0.25) is 5.02 Å². The fourth-order valence-corrected chi connectivity index (χ4v) is 5.32. The quantitative estimate of drug-likeness (QED) is 0.225. The van der Waals surface area contributed by atoms with Gasteiger partial charge in [-0.15, -0.1) is 0 Å². The highest BCUT2D eigenvalue weighted by atomic mass is 35.5. The molecule has 3 heterocycles. The van der Waals surface area contributed by atoms with Crippen molar-refractivity contribution in [3.63, 3.8) is 0 Å². The number of halogens is 1. The standard InChI is InChI=1S/C32H30ClN5O3/c1-39-24-8-4-21(5-9-24)26-20-27(22-6-11-30(40-2)31(18-22)41-3)36-32(35-26)38-16-14-37(15-17-38)29-12-13-34-28-19-23(33)7-10-25(28)29/h4-13,18-20H,14-17H2,1-3H3. The van der Waals surface area contributed by atoms with Gasteiger partial charge in [0.25, 0.3) is 0 Å². The predicted octanol–water partition coefficient (Wildman–Crippen LogP) is 6.36. The highest BCUT2D eigenvalue weighted by molar-refractivity contribution is 6.31. The lowest BCUT2D eigenvalue weighted by atomic mass is 10.1. The molecule has 0 bridgehead atoms. The van der Waals surface area contributed by atoms with E-state index >= 15 is 0 Å². The van der Waals surface area contributed by atoms with Gasteiger partial charge in [0, 0.05) is 59.6 Å². The molecular formula is C32H30ClN5O3. The van der Waals surface area contributed by atoms with E-state index in [1.165, 1.54) is 0 Å². The van der Waals surface area contributed by atoms with Gasteiger partial charge in [0.1, 0.15) is 5.75 Å². The van der Waals surface area contributed by atoms with Gasteiger partial charge in [-0.2, -0.15) is 0 Å². The number of rotatable bonds is 7. The lowest BCUT2D eigenvalue weighted by Crippen LogP contribution is -2.47. The molecular weight excluding hydrogens is 538 g/mol. The highest BCUT2D eigenvalue weighted by Crippen LogP contribution is 2.34. The Morgan fingerprint density at radius 1 is 0.659 bits per heavy atom. The number of hydrogen-bond acceptors (Lipinski definition) is 8. The van der Waals surface area contributed by atoms with Crippen LogP contribution >= 0.6 is 11.6 Å². The largest absolute Gasteiger partial charge is 0.497 e. The van der Waals surface area contributed by atoms with E-state index in [0.717, 1.165) is 71.0 Å². The molecule has 2 aromatic heterocycles. The SMILES string of the molecule is COc1ccc(-c2cc(-c3ccc(OC)c(OC)c3)nc(N3CCN(c4ccnc5cc(Cl)ccc45)CC3)n2)cc1. The Kier molecular flexibility index (Phi) is 7.48. The van der Waals surface area contributed by atoms with Crippen LogP contribution < -0.4 is 24.0 Å². The van der Waals surface area contributed by atoms with E-state index in [1.807, 2.05) is 72.9 Å². The van der Waals surface area contributed by atoms with Crippen molar-refractivity contribution in [3.05, 3.63) is 84.0 Å². The fraction of sp³-hybridized carbons (Fsp3) is 0.219. The summed E-state index contributed by atoms with van der Waals surface area (Å²) in [4.78, 5) is 19.2. The third kappa shape index (κ3) is 5.43. The molecule has 9 heteroatoms. The van der Waals surface area contributed by atoms with Crippen LogP contribution in [0.15, 0.2) is 79.0 Å². The van der Waals surface area contributed by atoms with Crippen molar-refractivity contribution in [1.82, 2.24) is 15.0 Å². The number of nitrogens with zero attached hydrogens (tertiary/aromatic N) is 5. The Hall–Kier alpha value is -4.56. The maximum absolute atomic E-state index is 6.21. The summed E-state index contributed by atoms with van der Waals surface area (Å²) in [5.41, 5.74) is 5.60. The van der Waals surface area contributed by atoms with E-state index in [9.17, 15) is 0 Å². The Labute approximate surface area is 244 Å². The Morgan fingerprint density at radius 2 is 1.34 bits per heavy atom. The van der Waals surface area contributed by atoms with Gasteiger partial charge in [0.15, 0.2) is 11.5 Å². The van der Waals surface area contributed by atoms with Crippen molar-refractivity contribution in [2.24, 2.45) is 0 Å². The van der Waals surface area contributed by atoms with Crippen molar-refractivity contribution < 1.29 is 14.2 Å². The molecule has 6 rings (SSSR count). The minimum absolute atomic E-state index is 0.649. The van der Waals surface area contributed by atoms with Gasteiger partial charge in [-0.3, -0.25) is 4.98 Å². The second kappa shape index (κ2) is 11.5. The molecule has 5 aromatic rings. The number of methoxy groups -OCH3 is 3. The predicted molar refractivity (Wildman–Crippen MR) is 164 cm³/mol. The minimum Gasteiger partial charge on any atom is -0.497 e. The number of fused-ring (bicyclic) bond motifs is 1. The zero-order valence-corrected chi connectivity index (χ0v) is 23.9. The molecule has 1 fully saturated rings. The van der Waals surface area contributed by atoms with E-state index < -0.39 is 0 Å². The van der Waals surface area contributed by atoms with Crippen LogP contribution in [0.25, 0.3) is 33.4 Å². The van der Waals surface area contributed by atoms with Gasteiger partial charge in [-0.05, 0) is 72.8 Å². The number of ether oxygens (including phenoxy) is 3. The van der Waals surface area contributed by atoms with Crippen molar-refractivity contribution in [3.8, 4) is 39.8 Å². The number of anilines is 2. The van der Waals surface area contributed by atoms with Crippen LogP contribution in [0.4, 0.5) is 11.6 Å². The topological polar surface area (TPSA) is 72.8 Å². The molecule has 1 aliphatic heterocycles. The molecule has 0 unspecified atom stereocenters. The molecule has 208 valence electrons. The third-order valence-electron chi connectivity index (χ3n) is 7.36. The molecule has 0 N–H and O–H groups in total. The summed E-state index contributed by atoms with van der Waals surface area (Å²) < 4.78 is 16.4. The number of piperazine rings is 1. The van der Waals surface area contributed by atoms with E-state index in [4.69, 9.17) is 35.8 Å². The van der Waals surface area contributed by atoms with Gasteiger partial charge in [0.05, 0.1) is 38.2 Å². The summed E-state index contributed by atoms with van der Waals surface area (Å²) in [6.45, 7) is 3.19. The highest BCUT2D eigenvalue weighted by Gasteiger charge is 2.22. The van der Waals surface area contributed by atoms with Gasteiger partial charge >= 0.3 is 0 Å². The summed E-state index contributed by atoms with van der Waals surface area (Å²) in [5.74, 6) is 2.80. The van der Waals surface area contributed by atoms with E-state index in [0.29, 0.717) is 22.5 Å². The van der Waals surface area contributed by atoms with E-state index in [2.05, 4.69) is 20.9 Å². The van der Waals surface area contributed by atoms with Gasteiger partial charge < -0.3 is 24.0 Å². The molecule has 0 radical (unpaired) electrons. The van der Waals surface area contributed by atoms with Crippen LogP contribution in [0.5, 0.6) is 17.2 Å². The summed E-state index contributed by atoms with van der Waals surface area (Å²) in [5, 5.41) is 1.78. The molecule has 0 saturated carbocycles. The Bertz CT molecular complexity index is 1690. The van der Waals surface area contributed by atoms with Crippen LogP contribution in [0.1, 0.15) is 0 Å². The van der Waals surface area contributed by atoms with Gasteiger partial charge in [-0.25, -0.2) is 9.97 Å². The molecule has 0 aliphatic carbocycles. The van der Waals surface area contributed by atoms with Crippen LogP contribution in [-0.4, -0.2) is 62.5 Å². The van der Waals surface area contributed by atoms with Crippen LogP contribution in [-0.2, 0) is 0 Å². The first-order valence-electron chi connectivity index (χ1n) is 13.4. The summed E-state index contributed by atoms with van der Waals surface area (Å²) in [6.07, 6.45) is 1.84.